The van der Waals surface area contributed by atoms with Crippen LogP contribution in [0.1, 0.15) is 11.3 Å². The molecular weight excluding hydrogens is 257 g/mol. The van der Waals surface area contributed by atoms with E-state index >= 15 is 0 Å². The minimum atomic E-state index is 0.648. The van der Waals surface area contributed by atoms with Gasteiger partial charge < -0.3 is 5.32 Å². The summed E-state index contributed by atoms with van der Waals surface area (Å²) in [7, 11) is 1.90. The summed E-state index contributed by atoms with van der Waals surface area (Å²) in [5, 5.41) is 8.80. The van der Waals surface area contributed by atoms with Gasteiger partial charge in [0.05, 0.1) is 12.2 Å². The van der Waals surface area contributed by atoms with Gasteiger partial charge in [-0.2, -0.15) is 5.10 Å². The Morgan fingerprint density at radius 2 is 2.12 bits per heavy atom. The molecule has 0 saturated carbocycles. The van der Waals surface area contributed by atoms with E-state index in [0.717, 1.165) is 17.8 Å². The van der Waals surface area contributed by atoms with E-state index in [1.54, 1.807) is 6.07 Å². The highest BCUT2D eigenvalue weighted by Gasteiger charge is 2.03. The summed E-state index contributed by atoms with van der Waals surface area (Å²) < 4.78 is 1.86. The normalized spacial score (nSPS) is 10.8. The van der Waals surface area contributed by atoms with E-state index in [1.807, 2.05) is 36.1 Å². The van der Waals surface area contributed by atoms with E-state index in [4.69, 9.17) is 23.2 Å². The van der Waals surface area contributed by atoms with Gasteiger partial charge >= 0.3 is 0 Å². The number of nitrogens with zero attached hydrogens (tertiary/aromatic N) is 2. The largest absolute Gasteiger partial charge is 0.314 e. The maximum absolute atomic E-state index is 6.11. The number of halogens is 2. The molecule has 0 radical (unpaired) electrons. The molecule has 0 aliphatic carbocycles. The molecular formula is C12H13Cl2N3. The van der Waals surface area contributed by atoms with E-state index < -0.39 is 0 Å². The van der Waals surface area contributed by atoms with Crippen molar-refractivity contribution in [3.8, 4) is 0 Å². The summed E-state index contributed by atoms with van der Waals surface area (Å²) in [4.78, 5) is 0. The number of nitrogens with one attached hydrogen (secondary N) is 1. The van der Waals surface area contributed by atoms with Crippen LogP contribution in [0.25, 0.3) is 0 Å². The van der Waals surface area contributed by atoms with Crippen LogP contribution in [0.4, 0.5) is 0 Å². The highest BCUT2D eigenvalue weighted by atomic mass is 35.5. The SMILES string of the molecule is CNCc1ccn(Cc2ccc(Cl)cc2Cl)n1. The molecule has 2 rings (SSSR count). The van der Waals surface area contributed by atoms with Gasteiger partial charge in [0, 0.05) is 22.8 Å². The van der Waals surface area contributed by atoms with E-state index in [2.05, 4.69) is 10.4 Å². The number of benzene rings is 1. The van der Waals surface area contributed by atoms with Crippen LogP contribution in [-0.4, -0.2) is 16.8 Å². The van der Waals surface area contributed by atoms with Crippen LogP contribution in [0.5, 0.6) is 0 Å². The first-order chi connectivity index (χ1) is 8.19. The summed E-state index contributed by atoms with van der Waals surface area (Å²) in [6.07, 6.45) is 1.94. The summed E-state index contributed by atoms with van der Waals surface area (Å²) >= 11 is 12.0. The van der Waals surface area contributed by atoms with Crippen molar-refractivity contribution in [3.63, 3.8) is 0 Å². The topological polar surface area (TPSA) is 29.9 Å². The molecule has 17 heavy (non-hydrogen) atoms. The maximum Gasteiger partial charge on any atom is 0.0762 e. The maximum atomic E-state index is 6.11. The van der Waals surface area contributed by atoms with Gasteiger partial charge in [0.25, 0.3) is 0 Å². The van der Waals surface area contributed by atoms with Crippen LogP contribution >= 0.6 is 23.2 Å². The molecule has 90 valence electrons. The Morgan fingerprint density at radius 1 is 1.29 bits per heavy atom. The third kappa shape index (κ3) is 3.22. The number of aromatic nitrogens is 2. The van der Waals surface area contributed by atoms with E-state index in [0.29, 0.717) is 16.6 Å². The highest BCUT2D eigenvalue weighted by Crippen LogP contribution is 2.21. The Hall–Kier alpha value is -1.03. The number of hydrogen-bond donors (Lipinski definition) is 1. The monoisotopic (exact) mass is 269 g/mol. The van der Waals surface area contributed by atoms with Crippen molar-refractivity contribution < 1.29 is 0 Å². The van der Waals surface area contributed by atoms with Gasteiger partial charge in [0.15, 0.2) is 0 Å². The van der Waals surface area contributed by atoms with Crippen LogP contribution in [0, 0.1) is 0 Å². The molecule has 1 aromatic heterocycles. The lowest BCUT2D eigenvalue weighted by atomic mass is 10.2. The fraction of sp³-hybridized carbons (Fsp3) is 0.250. The van der Waals surface area contributed by atoms with Gasteiger partial charge in [-0.25, -0.2) is 0 Å². The first kappa shape index (κ1) is 12.4. The lowest BCUT2D eigenvalue weighted by Crippen LogP contribution is -2.07. The predicted octanol–water partition coefficient (Wildman–Crippen LogP) is 2.96. The molecule has 0 aliphatic heterocycles. The molecule has 0 atom stereocenters. The molecule has 0 spiro atoms. The number of hydrogen-bond acceptors (Lipinski definition) is 2. The predicted molar refractivity (Wildman–Crippen MR) is 70.6 cm³/mol. The fourth-order valence-corrected chi connectivity index (χ4v) is 2.06. The van der Waals surface area contributed by atoms with Crippen molar-refractivity contribution in [1.29, 1.82) is 0 Å². The van der Waals surface area contributed by atoms with Crippen molar-refractivity contribution >= 4 is 23.2 Å². The second-order valence-electron chi connectivity index (χ2n) is 3.77. The van der Waals surface area contributed by atoms with Gasteiger partial charge in [-0.05, 0) is 30.8 Å². The summed E-state index contributed by atoms with van der Waals surface area (Å²) in [6.45, 7) is 1.42. The molecule has 0 saturated heterocycles. The van der Waals surface area contributed by atoms with Crippen molar-refractivity contribution in [2.24, 2.45) is 0 Å². The first-order valence-electron chi connectivity index (χ1n) is 5.30. The Bertz CT molecular complexity index is 508. The van der Waals surface area contributed by atoms with Gasteiger partial charge in [-0.3, -0.25) is 4.68 Å². The molecule has 1 heterocycles. The molecule has 1 N–H and O–H groups in total. The zero-order valence-electron chi connectivity index (χ0n) is 9.45. The minimum absolute atomic E-state index is 0.648. The summed E-state index contributed by atoms with van der Waals surface area (Å²) in [5.74, 6) is 0. The van der Waals surface area contributed by atoms with Gasteiger partial charge in [0.2, 0.25) is 0 Å². The Balaban J connectivity index is 2.13. The van der Waals surface area contributed by atoms with E-state index in [1.165, 1.54) is 0 Å². The number of rotatable bonds is 4. The zero-order valence-corrected chi connectivity index (χ0v) is 11.0. The van der Waals surface area contributed by atoms with Crippen molar-refractivity contribution in [2.45, 2.75) is 13.1 Å². The third-order valence-electron chi connectivity index (χ3n) is 2.40. The molecule has 1 aromatic carbocycles. The van der Waals surface area contributed by atoms with Crippen molar-refractivity contribution in [3.05, 3.63) is 51.8 Å². The highest BCUT2D eigenvalue weighted by molar-refractivity contribution is 6.35. The third-order valence-corrected chi connectivity index (χ3v) is 2.99. The molecule has 0 bridgehead atoms. The van der Waals surface area contributed by atoms with E-state index in [9.17, 15) is 0 Å². The fourth-order valence-electron chi connectivity index (χ4n) is 1.59. The average molecular weight is 270 g/mol. The van der Waals surface area contributed by atoms with Crippen LogP contribution < -0.4 is 5.32 Å². The Labute approximate surface area is 110 Å². The molecule has 2 aromatic rings. The molecule has 0 aliphatic rings. The summed E-state index contributed by atoms with van der Waals surface area (Å²) in [6, 6.07) is 7.49. The van der Waals surface area contributed by atoms with Gasteiger partial charge in [-0.1, -0.05) is 29.3 Å². The lowest BCUT2D eigenvalue weighted by molar-refractivity contribution is 0.659. The second-order valence-corrected chi connectivity index (χ2v) is 4.61. The van der Waals surface area contributed by atoms with Crippen LogP contribution in [-0.2, 0) is 13.1 Å². The Kier molecular flexibility index (Phi) is 4.05. The standard InChI is InChI=1S/C12H13Cl2N3/c1-15-7-11-4-5-17(16-11)8-9-2-3-10(13)6-12(9)14/h2-6,15H,7-8H2,1H3. The first-order valence-corrected chi connectivity index (χ1v) is 6.05. The second kappa shape index (κ2) is 5.54. The van der Waals surface area contributed by atoms with E-state index in [-0.39, 0.29) is 0 Å². The van der Waals surface area contributed by atoms with Crippen molar-refractivity contribution in [2.75, 3.05) is 7.05 Å². The molecule has 5 heteroatoms. The molecule has 0 unspecified atom stereocenters. The van der Waals surface area contributed by atoms with Crippen LogP contribution in [0.3, 0.4) is 0 Å². The quantitative estimate of drug-likeness (QED) is 0.925. The molecule has 0 fully saturated rings. The van der Waals surface area contributed by atoms with Gasteiger partial charge in [-0.15, -0.1) is 0 Å². The smallest absolute Gasteiger partial charge is 0.0762 e. The average Bonchev–Trinajstić information content (AvgIpc) is 2.71. The van der Waals surface area contributed by atoms with Gasteiger partial charge in [0.1, 0.15) is 0 Å². The molecule has 3 nitrogen and oxygen atoms in total. The minimum Gasteiger partial charge on any atom is -0.314 e. The van der Waals surface area contributed by atoms with Crippen molar-refractivity contribution in [1.82, 2.24) is 15.1 Å². The van der Waals surface area contributed by atoms with Crippen LogP contribution in [0.2, 0.25) is 10.0 Å². The Morgan fingerprint density at radius 3 is 2.82 bits per heavy atom. The van der Waals surface area contributed by atoms with Crippen LogP contribution in [0.15, 0.2) is 30.5 Å². The molecule has 0 amide bonds. The lowest BCUT2D eigenvalue weighted by Gasteiger charge is -2.05. The zero-order chi connectivity index (χ0) is 12.3. The summed E-state index contributed by atoms with van der Waals surface area (Å²) in [5.41, 5.74) is 2.02.